The summed E-state index contributed by atoms with van der Waals surface area (Å²) in [4.78, 5) is 25.4. The van der Waals surface area contributed by atoms with Crippen LogP contribution in [-0.4, -0.2) is 30.4 Å². The minimum Gasteiger partial charge on any atom is -0.349 e. The largest absolute Gasteiger partial charge is 0.349 e. The Bertz CT molecular complexity index is 861. The van der Waals surface area contributed by atoms with E-state index in [1.807, 2.05) is 17.5 Å². The van der Waals surface area contributed by atoms with E-state index in [4.69, 9.17) is 0 Å². The molecule has 2 amide bonds. The molecule has 2 aromatic rings. The molecule has 2 heterocycles. The van der Waals surface area contributed by atoms with Crippen molar-refractivity contribution in [3.05, 3.63) is 51.9 Å². The summed E-state index contributed by atoms with van der Waals surface area (Å²) in [6.45, 7) is 3.04. The van der Waals surface area contributed by atoms with Crippen molar-refractivity contribution in [3.63, 3.8) is 0 Å². The van der Waals surface area contributed by atoms with E-state index < -0.39 is 0 Å². The first-order chi connectivity index (χ1) is 13.1. The summed E-state index contributed by atoms with van der Waals surface area (Å²) < 4.78 is 0. The Kier molecular flexibility index (Phi) is 5.27. The monoisotopic (exact) mass is 383 g/mol. The zero-order chi connectivity index (χ0) is 18.8. The fourth-order valence-electron chi connectivity index (χ4n) is 4.00. The Labute approximate surface area is 163 Å². The van der Waals surface area contributed by atoms with Gasteiger partial charge in [-0.2, -0.15) is 0 Å². The van der Waals surface area contributed by atoms with Gasteiger partial charge in [-0.25, -0.2) is 0 Å². The first-order valence-corrected chi connectivity index (χ1v) is 10.5. The van der Waals surface area contributed by atoms with Crippen LogP contribution in [0.1, 0.15) is 58.0 Å². The van der Waals surface area contributed by atoms with Gasteiger partial charge in [0.2, 0.25) is 0 Å². The molecule has 27 heavy (non-hydrogen) atoms. The van der Waals surface area contributed by atoms with E-state index in [9.17, 15) is 9.59 Å². The number of piperidine rings is 1. The highest BCUT2D eigenvalue weighted by atomic mass is 32.1. The molecule has 1 aliphatic heterocycles. The molecule has 0 saturated carbocycles. The third-order valence-corrected chi connectivity index (χ3v) is 6.29. The van der Waals surface area contributed by atoms with E-state index in [0.29, 0.717) is 22.2 Å². The van der Waals surface area contributed by atoms with E-state index in [0.717, 1.165) is 38.6 Å². The predicted molar refractivity (Wildman–Crippen MR) is 109 cm³/mol. The van der Waals surface area contributed by atoms with Gasteiger partial charge in [-0.1, -0.05) is 6.07 Å². The summed E-state index contributed by atoms with van der Waals surface area (Å²) in [6.07, 6.45) is 5.15. The Balaban J connectivity index is 1.44. The molecule has 1 saturated heterocycles. The lowest BCUT2D eigenvalue weighted by Crippen LogP contribution is -2.46. The number of aryl methyl sites for hydroxylation is 2. The Hall–Kier alpha value is -2.18. The Morgan fingerprint density at radius 1 is 1.15 bits per heavy atom. The number of rotatable bonds is 4. The molecular weight excluding hydrogens is 358 g/mol. The topological polar surface area (TPSA) is 70.2 Å². The number of anilines is 1. The normalized spacial score (nSPS) is 21.5. The highest BCUT2D eigenvalue weighted by molar-refractivity contribution is 7.14. The van der Waals surface area contributed by atoms with Gasteiger partial charge in [-0.05, 0) is 80.3 Å². The molecule has 2 unspecified atom stereocenters. The van der Waals surface area contributed by atoms with E-state index in [-0.39, 0.29) is 17.9 Å². The van der Waals surface area contributed by atoms with Gasteiger partial charge < -0.3 is 16.0 Å². The Morgan fingerprint density at radius 2 is 2.00 bits per heavy atom. The average Bonchev–Trinajstić information content (AvgIpc) is 3.30. The standard InChI is InChI=1S/C21H25N3O2S/c1-13-11-17(7-9-22-13)23-20(26)18-8-10-27-21(18)24-19(25)16-6-5-14-3-2-4-15(14)12-16/h5-6,8,10,12-13,17,22H,2-4,7,9,11H2,1H3,(H,23,26)(H,24,25). The lowest BCUT2D eigenvalue weighted by atomic mass is 10.0. The van der Waals surface area contributed by atoms with Crippen molar-refractivity contribution in [2.24, 2.45) is 0 Å². The highest BCUT2D eigenvalue weighted by Crippen LogP contribution is 2.26. The van der Waals surface area contributed by atoms with Crippen molar-refractivity contribution in [2.45, 2.75) is 51.1 Å². The van der Waals surface area contributed by atoms with Crippen LogP contribution in [-0.2, 0) is 12.8 Å². The minimum atomic E-state index is -0.156. The SMILES string of the molecule is CC1CC(NC(=O)c2ccsc2NC(=O)c2ccc3c(c2)CCC3)CCN1. The quantitative estimate of drug-likeness (QED) is 0.758. The zero-order valence-electron chi connectivity index (χ0n) is 15.5. The molecule has 2 atom stereocenters. The second kappa shape index (κ2) is 7.82. The van der Waals surface area contributed by atoms with Gasteiger partial charge in [-0.3, -0.25) is 9.59 Å². The molecule has 1 aromatic carbocycles. The van der Waals surface area contributed by atoms with Gasteiger partial charge >= 0.3 is 0 Å². The molecule has 6 heteroatoms. The van der Waals surface area contributed by atoms with E-state index in [1.54, 1.807) is 6.07 Å². The predicted octanol–water partition coefficient (Wildman–Crippen LogP) is 3.36. The molecular formula is C21H25N3O2S. The van der Waals surface area contributed by atoms with Gasteiger partial charge in [-0.15, -0.1) is 11.3 Å². The lowest BCUT2D eigenvalue weighted by molar-refractivity contribution is 0.0927. The number of fused-ring (bicyclic) bond motifs is 1. The number of thiophene rings is 1. The lowest BCUT2D eigenvalue weighted by Gasteiger charge is -2.28. The minimum absolute atomic E-state index is 0.111. The second-order valence-electron chi connectivity index (χ2n) is 7.50. The summed E-state index contributed by atoms with van der Waals surface area (Å²) >= 11 is 1.38. The third kappa shape index (κ3) is 4.06. The first kappa shape index (κ1) is 18.2. The van der Waals surface area contributed by atoms with Crippen LogP contribution in [0.5, 0.6) is 0 Å². The fraction of sp³-hybridized carbons (Fsp3) is 0.429. The van der Waals surface area contributed by atoms with Crippen LogP contribution in [0.25, 0.3) is 0 Å². The average molecular weight is 384 g/mol. The van der Waals surface area contributed by atoms with Gasteiger partial charge in [0.05, 0.1) is 5.56 Å². The number of carbonyl (C=O) groups is 2. The number of hydrogen-bond acceptors (Lipinski definition) is 4. The van der Waals surface area contributed by atoms with Gasteiger partial charge in [0.1, 0.15) is 5.00 Å². The van der Waals surface area contributed by atoms with Gasteiger partial charge in [0.15, 0.2) is 0 Å². The van der Waals surface area contributed by atoms with Crippen LogP contribution in [0.4, 0.5) is 5.00 Å². The summed E-state index contributed by atoms with van der Waals surface area (Å²) in [5.41, 5.74) is 3.81. The maximum absolute atomic E-state index is 12.7. The van der Waals surface area contributed by atoms with Crippen LogP contribution in [0.15, 0.2) is 29.6 Å². The number of carbonyl (C=O) groups excluding carboxylic acids is 2. The molecule has 0 spiro atoms. The molecule has 142 valence electrons. The molecule has 4 rings (SSSR count). The molecule has 1 aromatic heterocycles. The fourth-order valence-corrected chi connectivity index (χ4v) is 4.78. The van der Waals surface area contributed by atoms with Crippen molar-refractivity contribution in [1.82, 2.24) is 10.6 Å². The van der Waals surface area contributed by atoms with Crippen molar-refractivity contribution in [1.29, 1.82) is 0 Å². The smallest absolute Gasteiger partial charge is 0.256 e. The van der Waals surface area contributed by atoms with Crippen LogP contribution >= 0.6 is 11.3 Å². The maximum Gasteiger partial charge on any atom is 0.256 e. The number of amides is 2. The van der Waals surface area contributed by atoms with Crippen LogP contribution in [0.2, 0.25) is 0 Å². The van der Waals surface area contributed by atoms with E-state index in [1.165, 1.54) is 22.5 Å². The van der Waals surface area contributed by atoms with E-state index >= 15 is 0 Å². The van der Waals surface area contributed by atoms with E-state index in [2.05, 4.69) is 28.9 Å². The molecule has 1 aliphatic carbocycles. The number of benzene rings is 1. The summed E-state index contributed by atoms with van der Waals surface area (Å²) in [6, 6.07) is 8.28. The van der Waals surface area contributed by atoms with Gasteiger partial charge in [0.25, 0.3) is 11.8 Å². The third-order valence-electron chi connectivity index (χ3n) is 5.46. The maximum atomic E-state index is 12.7. The molecule has 5 nitrogen and oxygen atoms in total. The second-order valence-corrected chi connectivity index (χ2v) is 8.42. The van der Waals surface area contributed by atoms with Crippen molar-refractivity contribution >= 4 is 28.2 Å². The van der Waals surface area contributed by atoms with Crippen LogP contribution in [0, 0.1) is 0 Å². The molecule has 0 bridgehead atoms. The number of hydrogen-bond donors (Lipinski definition) is 3. The molecule has 2 aliphatic rings. The Morgan fingerprint density at radius 3 is 2.85 bits per heavy atom. The van der Waals surface area contributed by atoms with Crippen LogP contribution < -0.4 is 16.0 Å². The summed E-state index contributed by atoms with van der Waals surface area (Å²) in [7, 11) is 0. The molecule has 0 radical (unpaired) electrons. The summed E-state index contributed by atoms with van der Waals surface area (Å²) in [5.74, 6) is -0.267. The van der Waals surface area contributed by atoms with Crippen molar-refractivity contribution in [3.8, 4) is 0 Å². The zero-order valence-corrected chi connectivity index (χ0v) is 16.3. The number of nitrogens with one attached hydrogen (secondary N) is 3. The van der Waals surface area contributed by atoms with Gasteiger partial charge in [0, 0.05) is 17.6 Å². The first-order valence-electron chi connectivity index (χ1n) is 9.65. The van der Waals surface area contributed by atoms with Crippen molar-refractivity contribution < 1.29 is 9.59 Å². The molecule has 3 N–H and O–H groups in total. The highest BCUT2D eigenvalue weighted by Gasteiger charge is 2.23. The van der Waals surface area contributed by atoms with Crippen LogP contribution in [0.3, 0.4) is 0 Å². The molecule has 1 fully saturated rings. The van der Waals surface area contributed by atoms with Crippen molar-refractivity contribution in [2.75, 3.05) is 11.9 Å². The summed E-state index contributed by atoms with van der Waals surface area (Å²) in [5, 5.41) is 11.9.